The van der Waals surface area contributed by atoms with Gasteiger partial charge in [-0.2, -0.15) is 13.2 Å². The Bertz CT molecular complexity index is 1110. The molecular formula is C20H21F3N2O5S. The first-order valence-corrected chi connectivity index (χ1v) is 10.0. The molecule has 1 heterocycles. The zero-order valence-corrected chi connectivity index (χ0v) is 17.6. The van der Waals surface area contributed by atoms with Crippen LogP contribution in [0.25, 0.3) is 12.2 Å². The quantitative estimate of drug-likeness (QED) is 0.469. The second-order valence-corrected chi connectivity index (χ2v) is 7.23. The molecule has 1 N–H and O–H groups in total. The summed E-state index contributed by atoms with van der Waals surface area (Å²) in [5.41, 5.74) is -1.80. The summed E-state index contributed by atoms with van der Waals surface area (Å²) in [7, 11) is 1.46. The van der Waals surface area contributed by atoms with Crippen LogP contribution in [0.3, 0.4) is 0 Å². The molecule has 1 aromatic carbocycles. The van der Waals surface area contributed by atoms with E-state index >= 15 is 0 Å². The Morgan fingerprint density at radius 1 is 1.26 bits per heavy atom. The van der Waals surface area contributed by atoms with E-state index in [4.69, 9.17) is 9.47 Å². The van der Waals surface area contributed by atoms with E-state index in [9.17, 15) is 27.6 Å². The van der Waals surface area contributed by atoms with Crippen LogP contribution in [0.5, 0.6) is 0 Å². The Kier molecular flexibility index (Phi) is 8.57. The van der Waals surface area contributed by atoms with Gasteiger partial charge in [0.2, 0.25) is 5.91 Å². The fraction of sp³-hybridized carbons (Fsp3) is 0.350. The Balaban J connectivity index is 2.58. The third-order valence-corrected chi connectivity index (χ3v) is 5.01. The smallest absolute Gasteiger partial charge is 0.416 e. The maximum atomic E-state index is 13.3. The summed E-state index contributed by atoms with van der Waals surface area (Å²) >= 11 is 0.791. The lowest BCUT2D eigenvalue weighted by atomic mass is 10.1. The van der Waals surface area contributed by atoms with Gasteiger partial charge in [-0.15, -0.1) is 11.3 Å². The third kappa shape index (κ3) is 6.79. The summed E-state index contributed by atoms with van der Waals surface area (Å²) < 4.78 is 50.6. The molecule has 0 aliphatic rings. The molecular weight excluding hydrogens is 437 g/mol. The maximum absolute atomic E-state index is 13.3. The van der Waals surface area contributed by atoms with E-state index in [1.165, 1.54) is 25.3 Å². The van der Waals surface area contributed by atoms with Gasteiger partial charge in [0.05, 0.1) is 29.4 Å². The Morgan fingerprint density at radius 2 is 1.97 bits per heavy atom. The molecule has 0 saturated carbocycles. The summed E-state index contributed by atoms with van der Waals surface area (Å²) in [4.78, 5) is 36.9. The molecule has 0 fully saturated rings. The van der Waals surface area contributed by atoms with Crippen LogP contribution in [-0.2, 0) is 31.8 Å². The zero-order valence-electron chi connectivity index (χ0n) is 16.8. The van der Waals surface area contributed by atoms with Gasteiger partial charge in [0.15, 0.2) is 0 Å². The van der Waals surface area contributed by atoms with Gasteiger partial charge in [-0.25, -0.2) is 4.79 Å². The van der Waals surface area contributed by atoms with Crippen LogP contribution in [0.2, 0.25) is 0 Å². The second-order valence-electron chi connectivity index (χ2n) is 6.16. The van der Waals surface area contributed by atoms with E-state index in [1.54, 1.807) is 6.92 Å². The summed E-state index contributed by atoms with van der Waals surface area (Å²) in [5, 5.41) is 2.54. The average molecular weight is 458 g/mol. The Labute approximate surface area is 179 Å². The van der Waals surface area contributed by atoms with Crippen molar-refractivity contribution in [3.63, 3.8) is 0 Å². The van der Waals surface area contributed by atoms with E-state index in [1.807, 2.05) is 0 Å². The summed E-state index contributed by atoms with van der Waals surface area (Å²) in [5.74, 6) is -1.25. The number of nitrogens with one attached hydrogen (secondary N) is 1. The molecule has 0 unspecified atom stereocenters. The third-order valence-electron chi connectivity index (χ3n) is 3.95. The van der Waals surface area contributed by atoms with E-state index in [0.29, 0.717) is 0 Å². The van der Waals surface area contributed by atoms with E-state index in [2.05, 4.69) is 5.32 Å². The monoisotopic (exact) mass is 458 g/mol. The van der Waals surface area contributed by atoms with Crippen molar-refractivity contribution in [2.24, 2.45) is 0 Å². The molecule has 0 bridgehead atoms. The standard InChI is InChI=1S/C20H21F3N2O5S/c1-3-30-18(27)11-17-25(12-16(26)24-8-9-29-2)19(28)15(31-17)10-13-6-4-5-7-14(13)20(21,22)23/h4-7,10-11H,3,8-9,12H2,1-2H3,(H,24,26). The number of hydrogen-bond acceptors (Lipinski definition) is 6. The van der Waals surface area contributed by atoms with Crippen LogP contribution >= 0.6 is 11.3 Å². The van der Waals surface area contributed by atoms with E-state index in [0.717, 1.165) is 34.1 Å². The highest BCUT2D eigenvalue weighted by Gasteiger charge is 2.32. The molecule has 2 rings (SSSR count). The van der Waals surface area contributed by atoms with Crippen LogP contribution in [0.4, 0.5) is 13.2 Å². The lowest BCUT2D eigenvalue weighted by Gasteiger charge is -2.09. The topological polar surface area (TPSA) is 86.6 Å². The van der Waals surface area contributed by atoms with E-state index in [-0.39, 0.29) is 34.5 Å². The number of alkyl halides is 3. The maximum Gasteiger partial charge on any atom is 0.416 e. The number of thiazole rings is 1. The number of rotatable bonds is 8. The summed E-state index contributed by atoms with van der Waals surface area (Å²) in [6, 6.07) is 4.81. The number of benzene rings is 1. The number of amides is 1. The van der Waals surface area contributed by atoms with Crippen molar-refractivity contribution >= 4 is 35.4 Å². The molecule has 0 aliphatic heterocycles. The number of carbonyl (C=O) groups is 2. The lowest BCUT2D eigenvalue weighted by molar-refractivity contribution is -0.138. The largest absolute Gasteiger partial charge is 0.463 e. The summed E-state index contributed by atoms with van der Waals surface area (Å²) in [6.45, 7) is 1.76. The van der Waals surface area contributed by atoms with Gasteiger partial charge in [-0.3, -0.25) is 14.2 Å². The molecule has 31 heavy (non-hydrogen) atoms. The van der Waals surface area contributed by atoms with Crippen molar-refractivity contribution in [2.75, 3.05) is 26.9 Å². The normalized spacial score (nSPS) is 12.8. The van der Waals surface area contributed by atoms with Crippen molar-refractivity contribution in [3.8, 4) is 0 Å². The molecule has 0 saturated heterocycles. The van der Waals surface area contributed by atoms with Crippen LogP contribution in [0.15, 0.2) is 29.1 Å². The van der Waals surface area contributed by atoms with Gasteiger partial charge in [-0.05, 0) is 24.6 Å². The fourth-order valence-electron chi connectivity index (χ4n) is 2.59. The van der Waals surface area contributed by atoms with Gasteiger partial charge in [0.1, 0.15) is 11.2 Å². The Hall–Kier alpha value is -2.92. The molecule has 0 radical (unpaired) electrons. The zero-order chi connectivity index (χ0) is 23.0. The number of esters is 1. The highest BCUT2D eigenvalue weighted by atomic mass is 32.1. The number of hydrogen-bond donors (Lipinski definition) is 1. The SMILES string of the molecule is CCOC(=O)C=c1sc(=Cc2ccccc2C(F)(F)F)c(=O)n1CC(=O)NCCOC. The molecule has 168 valence electrons. The minimum atomic E-state index is -4.61. The van der Waals surface area contributed by atoms with Gasteiger partial charge < -0.3 is 14.8 Å². The van der Waals surface area contributed by atoms with Gasteiger partial charge in [-0.1, -0.05) is 18.2 Å². The van der Waals surface area contributed by atoms with E-state index < -0.39 is 35.7 Å². The lowest BCUT2D eigenvalue weighted by Crippen LogP contribution is -2.39. The first-order valence-electron chi connectivity index (χ1n) is 9.19. The van der Waals surface area contributed by atoms with Gasteiger partial charge >= 0.3 is 12.1 Å². The molecule has 1 aromatic heterocycles. The highest BCUT2D eigenvalue weighted by molar-refractivity contribution is 7.07. The van der Waals surface area contributed by atoms with Gasteiger partial charge in [0, 0.05) is 13.7 Å². The summed E-state index contributed by atoms with van der Waals surface area (Å²) in [6.07, 6.45) is -2.48. The molecule has 0 atom stereocenters. The van der Waals surface area contributed by atoms with Crippen LogP contribution in [0.1, 0.15) is 18.1 Å². The highest BCUT2D eigenvalue weighted by Crippen LogP contribution is 2.31. The average Bonchev–Trinajstić information content (AvgIpc) is 2.96. The number of ether oxygens (including phenoxy) is 2. The number of halogens is 3. The molecule has 0 spiro atoms. The van der Waals surface area contributed by atoms with Crippen LogP contribution in [-0.4, -0.2) is 43.3 Å². The van der Waals surface area contributed by atoms with Crippen molar-refractivity contribution in [1.82, 2.24) is 9.88 Å². The number of carbonyl (C=O) groups excluding carboxylic acids is 2. The van der Waals surface area contributed by atoms with Crippen molar-refractivity contribution in [2.45, 2.75) is 19.6 Å². The number of methoxy groups -OCH3 is 1. The predicted molar refractivity (Wildman–Crippen MR) is 109 cm³/mol. The first kappa shape index (κ1) is 24.4. The first-order chi connectivity index (χ1) is 14.7. The molecule has 2 aromatic rings. The molecule has 7 nitrogen and oxygen atoms in total. The number of nitrogens with zero attached hydrogens (tertiary/aromatic N) is 1. The molecule has 0 aliphatic carbocycles. The van der Waals surface area contributed by atoms with Crippen molar-refractivity contribution in [1.29, 1.82) is 0 Å². The van der Waals surface area contributed by atoms with Crippen LogP contribution in [0, 0.1) is 0 Å². The number of aromatic nitrogens is 1. The Morgan fingerprint density at radius 3 is 2.61 bits per heavy atom. The second kappa shape index (κ2) is 10.9. The molecule has 1 amide bonds. The minimum absolute atomic E-state index is 0.0584. The van der Waals surface area contributed by atoms with Gasteiger partial charge in [0.25, 0.3) is 5.56 Å². The van der Waals surface area contributed by atoms with Crippen molar-refractivity contribution < 1.29 is 32.2 Å². The van der Waals surface area contributed by atoms with Crippen LogP contribution < -0.4 is 20.1 Å². The van der Waals surface area contributed by atoms with Crippen molar-refractivity contribution in [3.05, 3.63) is 54.9 Å². The minimum Gasteiger partial charge on any atom is -0.463 e. The molecule has 11 heteroatoms. The predicted octanol–water partition coefficient (Wildman–Crippen LogP) is 0.864. The fourth-order valence-corrected chi connectivity index (χ4v) is 3.61.